The first kappa shape index (κ1) is 31.1. The first-order valence-electron chi connectivity index (χ1n) is 18.8. The first-order valence-corrected chi connectivity index (χ1v) is 18.8. The lowest BCUT2D eigenvalue weighted by molar-refractivity contribution is -0.0673. The van der Waals surface area contributed by atoms with Crippen LogP contribution in [0.1, 0.15) is 111 Å². The Morgan fingerprint density at radius 1 is 0.932 bits per heavy atom. The number of rotatable bonds is 11. The molecule has 2 saturated heterocycles. The molecule has 0 aromatic carbocycles. The van der Waals surface area contributed by atoms with Crippen LogP contribution in [0, 0.1) is 40.4 Å². The van der Waals surface area contributed by atoms with Crippen molar-refractivity contribution in [2.75, 3.05) is 39.3 Å². The van der Waals surface area contributed by atoms with Gasteiger partial charge in [0.2, 0.25) is 0 Å². The van der Waals surface area contributed by atoms with Crippen molar-refractivity contribution in [3.8, 4) is 0 Å². The highest BCUT2D eigenvalue weighted by atomic mass is 16.3. The molecule has 8 heteroatoms. The SMILES string of the molecule is CC(C)[C@@H]1CN=C(N)N1C[C@@H]1CCCN1C[C@@H](CC1CCCCC1)N1C[C@@H]([C@@H](C)O)N(CC23CC4CC(CC(C4)C2)C3)C1=N. The van der Waals surface area contributed by atoms with Crippen LogP contribution in [-0.4, -0.2) is 106 Å². The van der Waals surface area contributed by atoms with Gasteiger partial charge in [-0.15, -0.1) is 0 Å². The molecule has 3 heterocycles. The molecule has 0 unspecified atom stereocenters. The predicted octanol–water partition coefficient (Wildman–Crippen LogP) is 4.96. The van der Waals surface area contributed by atoms with Gasteiger partial charge in [-0.25, -0.2) is 0 Å². The Bertz CT molecular complexity index is 1020. The second-order valence-electron chi connectivity index (χ2n) is 17.2. The number of nitrogens with zero attached hydrogens (tertiary/aromatic N) is 5. The largest absolute Gasteiger partial charge is 0.391 e. The van der Waals surface area contributed by atoms with E-state index >= 15 is 0 Å². The minimum absolute atomic E-state index is 0.0335. The number of hydrogen-bond donors (Lipinski definition) is 3. The lowest BCUT2D eigenvalue weighted by Gasteiger charge is -2.58. The first-order chi connectivity index (χ1) is 21.2. The molecule has 248 valence electrons. The Labute approximate surface area is 267 Å². The van der Waals surface area contributed by atoms with Crippen LogP contribution in [0.2, 0.25) is 0 Å². The predicted molar refractivity (Wildman–Crippen MR) is 179 cm³/mol. The van der Waals surface area contributed by atoms with Crippen LogP contribution in [0.5, 0.6) is 0 Å². The maximum atomic E-state index is 11.2. The van der Waals surface area contributed by atoms with E-state index in [0.717, 1.165) is 74.9 Å². The molecule has 0 amide bonds. The number of aliphatic hydroxyl groups is 1. The maximum absolute atomic E-state index is 11.2. The minimum atomic E-state index is -0.422. The van der Waals surface area contributed by atoms with Crippen LogP contribution in [0.4, 0.5) is 0 Å². The molecular weight excluding hydrogens is 546 g/mol. The molecule has 4 bridgehead atoms. The van der Waals surface area contributed by atoms with Gasteiger partial charge in [0.1, 0.15) is 0 Å². The molecule has 8 rings (SSSR count). The highest BCUT2D eigenvalue weighted by Crippen LogP contribution is 2.60. The second-order valence-corrected chi connectivity index (χ2v) is 17.2. The standard InChI is InChI=1S/C36H63N7O/c1-24(2)32-19-39-34(37)42(32)21-30-10-7-11-40(30)20-31(15-26-8-5-4-6-9-26)41-22-33(25(3)44)43(35(41)38)23-36-16-27-12-28(17-36)14-29(13-27)18-36/h24-33,38,44H,4-23H2,1-3H3,(H2,37,39)/t25-,27?,28?,29?,30+,31-,32+,33+,36?/m1/s1. The monoisotopic (exact) mass is 610 g/mol. The van der Waals surface area contributed by atoms with Gasteiger partial charge >= 0.3 is 0 Å². The number of aliphatic hydroxyl groups excluding tert-OH is 1. The van der Waals surface area contributed by atoms with Crippen LogP contribution in [0.25, 0.3) is 0 Å². The number of nitrogens with one attached hydrogen (secondary N) is 1. The molecular formula is C36H63N7O. The van der Waals surface area contributed by atoms with Crippen LogP contribution >= 0.6 is 0 Å². The molecule has 8 aliphatic rings. The minimum Gasteiger partial charge on any atom is -0.391 e. The number of guanidine groups is 2. The van der Waals surface area contributed by atoms with Crippen LogP contribution < -0.4 is 5.73 Å². The molecule has 0 radical (unpaired) electrons. The highest BCUT2D eigenvalue weighted by Gasteiger charge is 2.53. The van der Waals surface area contributed by atoms with Crippen molar-refractivity contribution in [1.29, 1.82) is 5.41 Å². The maximum Gasteiger partial charge on any atom is 0.194 e. The summed E-state index contributed by atoms with van der Waals surface area (Å²) in [5.74, 6) is 5.49. The molecule has 44 heavy (non-hydrogen) atoms. The lowest BCUT2D eigenvalue weighted by atomic mass is 9.49. The molecule has 5 atom stereocenters. The van der Waals surface area contributed by atoms with Crippen molar-refractivity contribution < 1.29 is 5.11 Å². The van der Waals surface area contributed by atoms with E-state index in [9.17, 15) is 10.5 Å². The van der Waals surface area contributed by atoms with Gasteiger partial charge in [0, 0.05) is 38.3 Å². The summed E-state index contributed by atoms with van der Waals surface area (Å²) in [5.41, 5.74) is 6.82. The normalized spacial score (nSPS) is 39.2. The van der Waals surface area contributed by atoms with Gasteiger partial charge in [0.25, 0.3) is 0 Å². The van der Waals surface area contributed by atoms with Crippen LogP contribution in [-0.2, 0) is 0 Å². The quantitative estimate of drug-likeness (QED) is 0.307. The van der Waals surface area contributed by atoms with Crippen molar-refractivity contribution in [1.82, 2.24) is 19.6 Å². The van der Waals surface area contributed by atoms with E-state index in [-0.39, 0.29) is 6.04 Å². The van der Waals surface area contributed by atoms with Gasteiger partial charge in [-0.05, 0) is 106 Å². The smallest absolute Gasteiger partial charge is 0.194 e. The van der Waals surface area contributed by atoms with Gasteiger partial charge in [0.15, 0.2) is 11.9 Å². The summed E-state index contributed by atoms with van der Waals surface area (Å²) < 4.78 is 0. The van der Waals surface area contributed by atoms with Gasteiger partial charge in [-0.1, -0.05) is 46.0 Å². The third kappa shape index (κ3) is 6.12. The van der Waals surface area contributed by atoms with E-state index in [2.05, 4.69) is 38.4 Å². The second kappa shape index (κ2) is 12.6. The average molecular weight is 610 g/mol. The highest BCUT2D eigenvalue weighted by molar-refractivity contribution is 5.80. The Morgan fingerprint density at radius 3 is 2.25 bits per heavy atom. The van der Waals surface area contributed by atoms with E-state index in [1.807, 2.05) is 6.92 Å². The summed E-state index contributed by atoms with van der Waals surface area (Å²) in [4.78, 5) is 14.7. The molecule has 5 aliphatic carbocycles. The van der Waals surface area contributed by atoms with E-state index in [1.165, 1.54) is 89.9 Å². The number of nitrogens with two attached hydrogens (primary N) is 1. The fourth-order valence-corrected chi connectivity index (χ4v) is 11.8. The molecule has 7 fully saturated rings. The number of hydrogen-bond acceptors (Lipinski definition) is 6. The third-order valence-electron chi connectivity index (χ3n) is 13.6. The molecule has 8 nitrogen and oxygen atoms in total. The number of aliphatic imine (C=N–C) groups is 1. The molecule has 0 aromatic rings. The van der Waals surface area contributed by atoms with Crippen molar-refractivity contribution in [3.63, 3.8) is 0 Å². The van der Waals surface area contributed by atoms with E-state index in [4.69, 9.17) is 5.73 Å². The van der Waals surface area contributed by atoms with Gasteiger partial charge in [-0.2, -0.15) is 0 Å². The summed E-state index contributed by atoms with van der Waals surface area (Å²) in [5, 5.41) is 20.9. The van der Waals surface area contributed by atoms with Gasteiger partial charge < -0.3 is 25.5 Å². The number of likely N-dealkylation sites (tertiary alicyclic amines) is 1. The topological polar surface area (TPSA) is 95.4 Å². The average Bonchev–Trinajstić information content (AvgIpc) is 3.66. The Morgan fingerprint density at radius 2 is 1.61 bits per heavy atom. The Balaban J connectivity index is 1.09. The summed E-state index contributed by atoms with van der Waals surface area (Å²) in [6.07, 6.45) is 18.4. The van der Waals surface area contributed by atoms with E-state index in [0.29, 0.717) is 29.5 Å². The zero-order valence-electron chi connectivity index (χ0n) is 28.2. The van der Waals surface area contributed by atoms with E-state index in [1.54, 1.807) is 0 Å². The Kier molecular flexibility index (Phi) is 8.88. The fourth-order valence-electron chi connectivity index (χ4n) is 11.8. The van der Waals surface area contributed by atoms with E-state index < -0.39 is 6.10 Å². The Hall–Kier alpha value is -1.54. The van der Waals surface area contributed by atoms with Crippen molar-refractivity contribution >= 4 is 11.9 Å². The molecule has 0 aromatic heterocycles. The van der Waals surface area contributed by atoms with Gasteiger partial charge in [0.05, 0.1) is 24.7 Å². The van der Waals surface area contributed by atoms with Crippen LogP contribution in [0.15, 0.2) is 4.99 Å². The fraction of sp³-hybridized carbons (Fsp3) is 0.944. The van der Waals surface area contributed by atoms with Crippen molar-refractivity contribution in [2.24, 2.45) is 45.7 Å². The van der Waals surface area contributed by atoms with Crippen molar-refractivity contribution in [2.45, 2.75) is 141 Å². The molecule has 0 spiro atoms. The summed E-state index contributed by atoms with van der Waals surface area (Å²) in [7, 11) is 0. The van der Waals surface area contributed by atoms with Crippen LogP contribution in [0.3, 0.4) is 0 Å². The molecule has 5 saturated carbocycles. The zero-order chi connectivity index (χ0) is 30.6. The summed E-state index contributed by atoms with van der Waals surface area (Å²) in [6, 6.07) is 1.27. The zero-order valence-corrected chi connectivity index (χ0v) is 28.2. The van der Waals surface area contributed by atoms with Gasteiger partial charge in [-0.3, -0.25) is 15.3 Å². The molecule has 3 aliphatic heterocycles. The summed E-state index contributed by atoms with van der Waals surface area (Å²) >= 11 is 0. The lowest BCUT2D eigenvalue weighted by Crippen LogP contribution is -2.55. The third-order valence-corrected chi connectivity index (χ3v) is 13.6. The summed E-state index contributed by atoms with van der Waals surface area (Å²) in [6.45, 7) is 12.3. The van der Waals surface area contributed by atoms with Crippen molar-refractivity contribution in [3.05, 3.63) is 0 Å². The molecule has 4 N–H and O–H groups in total.